The summed E-state index contributed by atoms with van der Waals surface area (Å²) in [5.41, 5.74) is 5.63. The van der Waals surface area contributed by atoms with Crippen LogP contribution in [0.2, 0.25) is 0 Å². The van der Waals surface area contributed by atoms with Gasteiger partial charge in [0.25, 0.3) is 0 Å². The Labute approximate surface area is 122 Å². The van der Waals surface area contributed by atoms with Crippen LogP contribution in [-0.4, -0.2) is 30.0 Å². The van der Waals surface area contributed by atoms with Crippen LogP contribution >= 0.6 is 11.8 Å². The standard InChI is InChI=1S/C15H30N2OS/c1-11(2)12(8-9-16)4-7-15(18)17-13-5-6-14(10-13)19-3/h11-14H,4-10,16H2,1-3H3,(H,17,18). The zero-order chi connectivity index (χ0) is 14.3. The predicted molar refractivity (Wildman–Crippen MR) is 84.3 cm³/mol. The SMILES string of the molecule is CSC1CCC(NC(=O)CCC(CCN)C(C)C)C1. The lowest BCUT2D eigenvalue weighted by Gasteiger charge is -2.20. The molecule has 1 fully saturated rings. The van der Waals surface area contributed by atoms with Gasteiger partial charge in [0.1, 0.15) is 0 Å². The van der Waals surface area contributed by atoms with Gasteiger partial charge in [0, 0.05) is 17.7 Å². The maximum Gasteiger partial charge on any atom is 0.220 e. The Morgan fingerprint density at radius 1 is 1.37 bits per heavy atom. The zero-order valence-electron chi connectivity index (χ0n) is 12.7. The molecule has 0 saturated heterocycles. The van der Waals surface area contributed by atoms with Crippen molar-refractivity contribution in [2.45, 2.75) is 63.7 Å². The van der Waals surface area contributed by atoms with Crippen LogP contribution in [0, 0.1) is 11.8 Å². The third-order valence-electron chi connectivity index (χ3n) is 4.31. The van der Waals surface area contributed by atoms with Crippen molar-refractivity contribution in [3.8, 4) is 0 Å². The number of rotatable bonds is 8. The maximum absolute atomic E-state index is 12.0. The van der Waals surface area contributed by atoms with E-state index in [-0.39, 0.29) is 5.91 Å². The summed E-state index contributed by atoms with van der Waals surface area (Å²) in [6.07, 6.45) is 8.35. The Morgan fingerprint density at radius 2 is 2.11 bits per heavy atom. The Balaban J connectivity index is 2.23. The summed E-state index contributed by atoms with van der Waals surface area (Å²) in [6, 6.07) is 0.414. The van der Waals surface area contributed by atoms with Gasteiger partial charge >= 0.3 is 0 Å². The summed E-state index contributed by atoms with van der Waals surface area (Å²) < 4.78 is 0. The van der Waals surface area contributed by atoms with E-state index in [9.17, 15) is 4.79 Å². The minimum absolute atomic E-state index is 0.231. The summed E-state index contributed by atoms with van der Waals surface area (Å²) >= 11 is 1.93. The van der Waals surface area contributed by atoms with Gasteiger partial charge in [-0.05, 0) is 56.7 Å². The molecule has 1 aliphatic rings. The highest BCUT2D eigenvalue weighted by atomic mass is 32.2. The molecule has 0 bridgehead atoms. The van der Waals surface area contributed by atoms with E-state index >= 15 is 0 Å². The largest absolute Gasteiger partial charge is 0.353 e. The monoisotopic (exact) mass is 286 g/mol. The van der Waals surface area contributed by atoms with Crippen LogP contribution in [-0.2, 0) is 4.79 Å². The summed E-state index contributed by atoms with van der Waals surface area (Å²) in [6.45, 7) is 5.17. The van der Waals surface area contributed by atoms with Gasteiger partial charge in [0.05, 0.1) is 0 Å². The number of carbonyl (C=O) groups is 1. The van der Waals surface area contributed by atoms with Crippen LogP contribution < -0.4 is 11.1 Å². The van der Waals surface area contributed by atoms with Crippen molar-refractivity contribution in [3.05, 3.63) is 0 Å². The summed E-state index contributed by atoms with van der Waals surface area (Å²) in [4.78, 5) is 12.0. The highest BCUT2D eigenvalue weighted by Crippen LogP contribution is 2.28. The zero-order valence-corrected chi connectivity index (χ0v) is 13.5. The van der Waals surface area contributed by atoms with Gasteiger partial charge in [0.15, 0.2) is 0 Å². The van der Waals surface area contributed by atoms with Crippen molar-refractivity contribution < 1.29 is 4.79 Å². The van der Waals surface area contributed by atoms with Crippen molar-refractivity contribution in [1.82, 2.24) is 5.32 Å². The van der Waals surface area contributed by atoms with Crippen LogP contribution in [0.4, 0.5) is 0 Å². The second kappa shape index (κ2) is 8.85. The van der Waals surface area contributed by atoms with Crippen molar-refractivity contribution >= 4 is 17.7 Å². The van der Waals surface area contributed by atoms with Crippen LogP contribution in [0.1, 0.15) is 52.4 Å². The Bertz CT molecular complexity index is 271. The molecule has 1 aliphatic carbocycles. The number of hydrogen-bond acceptors (Lipinski definition) is 3. The van der Waals surface area contributed by atoms with Gasteiger partial charge in [-0.1, -0.05) is 13.8 Å². The fourth-order valence-electron chi connectivity index (χ4n) is 2.93. The number of amides is 1. The van der Waals surface area contributed by atoms with E-state index in [4.69, 9.17) is 5.73 Å². The predicted octanol–water partition coefficient (Wildman–Crippen LogP) is 2.79. The molecule has 3 nitrogen and oxygen atoms in total. The van der Waals surface area contributed by atoms with Gasteiger partial charge in [-0.2, -0.15) is 11.8 Å². The Hall–Kier alpha value is -0.220. The number of nitrogens with one attached hydrogen (secondary N) is 1. The summed E-state index contributed by atoms with van der Waals surface area (Å²) in [7, 11) is 0. The van der Waals surface area contributed by atoms with E-state index in [0.717, 1.165) is 37.5 Å². The quantitative estimate of drug-likeness (QED) is 0.721. The summed E-state index contributed by atoms with van der Waals surface area (Å²) in [5, 5.41) is 3.94. The first kappa shape index (κ1) is 16.8. The first-order valence-corrected chi connectivity index (χ1v) is 8.87. The van der Waals surface area contributed by atoms with E-state index in [1.807, 2.05) is 11.8 Å². The number of hydrogen-bond donors (Lipinski definition) is 2. The third kappa shape index (κ3) is 6.17. The minimum atomic E-state index is 0.231. The molecule has 1 amide bonds. The van der Waals surface area contributed by atoms with E-state index in [1.54, 1.807) is 0 Å². The molecule has 1 saturated carbocycles. The van der Waals surface area contributed by atoms with E-state index in [0.29, 0.717) is 24.3 Å². The molecule has 0 heterocycles. The van der Waals surface area contributed by atoms with Crippen LogP contribution in [0.15, 0.2) is 0 Å². The minimum Gasteiger partial charge on any atom is -0.353 e. The average molecular weight is 286 g/mol. The second-order valence-electron chi connectivity index (χ2n) is 6.06. The average Bonchev–Trinajstić information content (AvgIpc) is 2.81. The first-order chi connectivity index (χ1) is 9.06. The highest BCUT2D eigenvalue weighted by Gasteiger charge is 2.25. The fourth-order valence-corrected chi connectivity index (χ4v) is 3.72. The second-order valence-corrected chi connectivity index (χ2v) is 7.19. The van der Waals surface area contributed by atoms with Crippen LogP contribution in [0.5, 0.6) is 0 Å². The Kier molecular flexibility index (Phi) is 7.84. The molecule has 0 radical (unpaired) electrons. The van der Waals surface area contributed by atoms with Gasteiger partial charge in [-0.15, -0.1) is 0 Å². The lowest BCUT2D eigenvalue weighted by Crippen LogP contribution is -2.33. The van der Waals surface area contributed by atoms with Crippen LogP contribution in [0.3, 0.4) is 0 Å². The van der Waals surface area contributed by atoms with E-state index < -0.39 is 0 Å². The molecule has 4 heteroatoms. The molecule has 1 rings (SSSR count). The number of carbonyl (C=O) groups excluding carboxylic acids is 1. The van der Waals surface area contributed by atoms with Crippen molar-refractivity contribution in [2.24, 2.45) is 17.6 Å². The lowest BCUT2D eigenvalue weighted by molar-refractivity contribution is -0.122. The van der Waals surface area contributed by atoms with Crippen molar-refractivity contribution in [2.75, 3.05) is 12.8 Å². The Morgan fingerprint density at radius 3 is 2.63 bits per heavy atom. The van der Waals surface area contributed by atoms with E-state index in [2.05, 4.69) is 25.4 Å². The number of thioether (sulfide) groups is 1. The molecule has 0 aliphatic heterocycles. The van der Waals surface area contributed by atoms with Gasteiger partial charge in [0.2, 0.25) is 5.91 Å². The van der Waals surface area contributed by atoms with Crippen LogP contribution in [0.25, 0.3) is 0 Å². The molecule has 19 heavy (non-hydrogen) atoms. The molecule has 3 atom stereocenters. The normalized spacial score (nSPS) is 24.7. The van der Waals surface area contributed by atoms with Crippen molar-refractivity contribution in [1.29, 1.82) is 0 Å². The van der Waals surface area contributed by atoms with E-state index in [1.165, 1.54) is 6.42 Å². The molecule has 0 aromatic rings. The van der Waals surface area contributed by atoms with Crippen molar-refractivity contribution in [3.63, 3.8) is 0 Å². The third-order valence-corrected chi connectivity index (χ3v) is 5.40. The molecule has 3 unspecified atom stereocenters. The molecule has 0 spiro atoms. The topological polar surface area (TPSA) is 55.1 Å². The van der Waals surface area contributed by atoms with Gasteiger partial charge in [-0.3, -0.25) is 4.79 Å². The maximum atomic E-state index is 12.0. The first-order valence-electron chi connectivity index (χ1n) is 7.59. The molecule has 0 aromatic heterocycles. The molecular weight excluding hydrogens is 256 g/mol. The number of nitrogens with two attached hydrogens (primary N) is 1. The summed E-state index contributed by atoms with van der Waals surface area (Å²) in [5.74, 6) is 1.43. The fraction of sp³-hybridized carbons (Fsp3) is 0.933. The lowest BCUT2D eigenvalue weighted by atomic mass is 9.88. The molecular formula is C15H30N2OS. The smallest absolute Gasteiger partial charge is 0.220 e. The highest BCUT2D eigenvalue weighted by molar-refractivity contribution is 7.99. The molecule has 3 N–H and O–H groups in total. The van der Waals surface area contributed by atoms with Gasteiger partial charge in [-0.25, -0.2) is 0 Å². The molecule has 0 aromatic carbocycles. The molecule has 112 valence electrons. The van der Waals surface area contributed by atoms with Gasteiger partial charge < -0.3 is 11.1 Å².